The number of rotatable bonds is 3. The van der Waals surface area contributed by atoms with Crippen LogP contribution in [-0.4, -0.2) is 59.9 Å². The van der Waals surface area contributed by atoms with E-state index < -0.39 is 21.7 Å². The largest absolute Gasteiger partial charge is 0.417 e. The van der Waals surface area contributed by atoms with Gasteiger partial charge in [-0.05, 0) is 30.7 Å². The summed E-state index contributed by atoms with van der Waals surface area (Å²) in [5.74, 6) is -0.696. The van der Waals surface area contributed by atoms with E-state index in [0.29, 0.717) is 0 Å². The number of benzene rings is 1. The summed E-state index contributed by atoms with van der Waals surface area (Å²) in [7, 11) is -3.73. The first-order valence-electron chi connectivity index (χ1n) is 7.65. The van der Waals surface area contributed by atoms with E-state index in [4.69, 9.17) is 4.42 Å². The predicted molar refractivity (Wildman–Crippen MR) is 84.8 cm³/mol. The van der Waals surface area contributed by atoms with Crippen LogP contribution >= 0.6 is 0 Å². The third-order valence-corrected chi connectivity index (χ3v) is 5.90. The second-order valence-corrected chi connectivity index (χ2v) is 7.67. The maximum Gasteiger partial charge on any atom is 0.311 e. The van der Waals surface area contributed by atoms with Crippen molar-refractivity contribution >= 4 is 15.9 Å². The fourth-order valence-corrected chi connectivity index (χ4v) is 4.08. The number of hydrogen-bond acceptors (Lipinski definition) is 6. The highest BCUT2D eigenvalue weighted by atomic mass is 32.2. The minimum atomic E-state index is -3.73. The maximum absolute atomic E-state index is 13.4. The number of amides is 1. The first-order chi connectivity index (χ1) is 11.8. The van der Waals surface area contributed by atoms with Gasteiger partial charge in [-0.15, -0.1) is 10.2 Å². The number of hydrogen-bond donors (Lipinski definition) is 0. The Hall–Kier alpha value is -2.33. The molecule has 0 atom stereocenters. The Labute approximate surface area is 144 Å². The van der Waals surface area contributed by atoms with E-state index in [0.717, 1.165) is 6.07 Å². The van der Waals surface area contributed by atoms with Crippen LogP contribution < -0.4 is 0 Å². The predicted octanol–water partition coefficient (Wildman–Crippen LogP) is 0.972. The second kappa shape index (κ2) is 6.52. The van der Waals surface area contributed by atoms with Crippen molar-refractivity contribution in [1.82, 2.24) is 19.4 Å². The van der Waals surface area contributed by atoms with Gasteiger partial charge in [0.05, 0.1) is 4.90 Å². The quantitative estimate of drug-likeness (QED) is 0.801. The number of aryl methyl sites for hydroxylation is 2. The Morgan fingerprint density at radius 1 is 1.16 bits per heavy atom. The Balaban J connectivity index is 1.71. The minimum absolute atomic E-state index is 0.0405. The van der Waals surface area contributed by atoms with E-state index in [1.54, 1.807) is 6.92 Å². The summed E-state index contributed by atoms with van der Waals surface area (Å²) in [6.45, 7) is 3.78. The van der Waals surface area contributed by atoms with E-state index in [9.17, 15) is 17.6 Å². The van der Waals surface area contributed by atoms with Crippen molar-refractivity contribution in [2.75, 3.05) is 26.2 Å². The lowest BCUT2D eigenvalue weighted by Crippen LogP contribution is -2.50. The number of carbonyl (C=O) groups is 1. The fraction of sp³-hybridized carbons (Fsp3) is 0.400. The third kappa shape index (κ3) is 3.40. The lowest BCUT2D eigenvalue weighted by Gasteiger charge is -2.33. The molecule has 134 valence electrons. The summed E-state index contributed by atoms with van der Waals surface area (Å²) in [5, 5.41) is 7.29. The monoisotopic (exact) mass is 368 g/mol. The molecule has 10 heteroatoms. The van der Waals surface area contributed by atoms with Gasteiger partial charge >= 0.3 is 11.8 Å². The molecule has 8 nitrogen and oxygen atoms in total. The van der Waals surface area contributed by atoms with Crippen LogP contribution in [0.2, 0.25) is 0 Å². The molecule has 0 aliphatic carbocycles. The van der Waals surface area contributed by atoms with Crippen LogP contribution in [-0.2, 0) is 10.0 Å². The molecule has 0 unspecified atom stereocenters. The van der Waals surface area contributed by atoms with Crippen LogP contribution in [0.25, 0.3) is 0 Å². The van der Waals surface area contributed by atoms with Gasteiger partial charge in [0.15, 0.2) is 0 Å². The van der Waals surface area contributed by atoms with Crippen molar-refractivity contribution in [2.24, 2.45) is 0 Å². The summed E-state index contributed by atoms with van der Waals surface area (Å²) in [6, 6.07) is 3.69. The molecule has 1 aliphatic heterocycles. The van der Waals surface area contributed by atoms with Gasteiger partial charge in [-0.2, -0.15) is 4.31 Å². The topological polar surface area (TPSA) is 96.6 Å². The molecular weight excluding hydrogens is 351 g/mol. The van der Waals surface area contributed by atoms with E-state index in [1.807, 2.05) is 0 Å². The molecule has 1 saturated heterocycles. The maximum atomic E-state index is 13.4. The number of carbonyl (C=O) groups excluding carboxylic acids is 1. The summed E-state index contributed by atoms with van der Waals surface area (Å²) in [5.41, 5.74) is 0.265. The molecule has 3 rings (SSSR count). The normalized spacial score (nSPS) is 16.2. The Morgan fingerprint density at radius 3 is 2.40 bits per heavy atom. The standard InChI is InChI=1S/C15H17FN4O4S/c1-10-9-12(3-4-13(10)16)25(22,23)20-7-5-19(6-8-20)15(21)14-18-17-11(2)24-14/h3-4,9H,5-8H2,1-2H3. The molecule has 0 radical (unpaired) electrons. The van der Waals surface area contributed by atoms with Gasteiger partial charge in [-0.25, -0.2) is 12.8 Å². The van der Waals surface area contributed by atoms with Crippen LogP contribution in [0.4, 0.5) is 4.39 Å². The van der Waals surface area contributed by atoms with Crippen molar-refractivity contribution in [3.05, 3.63) is 41.4 Å². The summed E-state index contributed by atoms with van der Waals surface area (Å²) in [4.78, 5) is 13.7. The highest BCUT2D eigenvalue weighted by Crippen LogP contribution is 2.20. The molecular formula is C15H17FN4O4S. The SMILES string of the molecule is Cc1nnc(C(=O)N2CCN(S(=O)(=O)c3ccc(F)c(C)c3)CC2)o1. The summed E-state index contributed by atoms with van der Waals surface area (Å²) in [6.07, 6.45) is 0. The Morgan fingerprint density at radius 2 is 1.84 bits per heavy atom. The molecule has 0 N–H and O–H groups in total. The molecule has 0 saturated carbocycles. The van der Waals surface area contributed by atoms with Crippen LogP contribution in [0.5, 0.6) is 0 Å². The highest BCUT2D eigenvalue weighted by molar-refractivity contribution is 7.89. The number of halogens is 1. The van der Waals surface area contributed by atoms with Gasteiger partial charge in [0.25, 0.3) is 0 Å². The highest BCUT2D eigenvalue weighted by Gasteiger charge is 2.32. The molecule has 1 aromatic heterocycles. The van der Waals surface area contributed by atoms with Gasteiger partial charge in [0, 0.05) is 33.1 Å². The summed E-state index contributed by atoms with van der Waals surface area (Å²) < 4.78 is 45.1. The number of piperazine rings is 1. The third-order valence-electron chi connectivity index (χ3n) is 4.00. The molecule has 1 amide bonds. The van der Waals surface area contributed by atoms with Crippen LogP contribution in [0.3, 0.4) is 0 Å². The smallest absolute Gasteiger partial charge is 0.311 e. The van der Waals surface area contributed by atoms with E-state index in [2.05, 4.69) is 10.2 Å². The van der Waals surface area contributed by atoms with E-state index in [1.165, 1.54) is 28.3 Å². The zero-order valence-electron chi connectivity index (χ0n) is 13.8. The minimum Gasteiger partial charge on any atom is -0.417 e. The van der Waals surface area contributed by atoms with Crippen LogP contribution in [0.1, 0.15) is 22.1 Å². The number of aromatic nitrogens is 2. The van der Waals surface area contributed by atoms with Gasteiger partial charge < -0.3 is 9.32 Å². The zero-order chi connectivity index (χ0) is 18.2. The number of nitrogens with zero attached hydrogens (tertiary/aromatic N) is 4. The lowest BCUT2D eigenvalue weighted by molar-refractivity contribution is 0.0656. The molecule has 0 bridgehead atoms. The Bertz CT molecular complexity index is 904. The van der Waals surface area contributed by atoms with E-state index in [-0.39, 0.29) is 48.4 Å². The first-order valence-corrected chi connectivity index (χ1v) is 9.09. The Kier molecular flexibility index (Phi) is 4.56. The second-order valence-electron chi connectivity index (χ2n) is 5.73. The van der Waals surface area contributed by atoms with Crippen LogP contribution in [0, 0.1) is 19.7 Å². The van der Waals surface area contributed by atoms with Crippen molar-refractivity contribution < 1.29 is 22.0 Å². The fourth-order valence-electron chi connectivity index (χ4n) is 2.58. The zero-order valence-corrected chi connectivity index (χ0v) is 14.6. The van der Waals surface area contributed by atoms with Crippen LogP contribution in [0.15, 0.2) is 27.5 Å². The molecule has 0 spiro atoms. The molecule has 1 aromatic carbocycles. The molecule has 2 heterocycles. The molecule has 1 fully saturated rings. The van der Waals surface area contributed by atoms with E-state index >= 15 is 0 Å². The molecule has 2 aromatic rings. The lowest BCUT2D eigenvalue weighted by atomic mass is 10.2. The van der Waals surface area contributed by atoms with Crippen molar-refractivity contribution in [3.63, 3.8) is 0 Å². The first kappa shape index (κ1) is 17.5. The van der Waals surface area contributed by atoms with Gasteiger partial charge in [0.2, 0.25) is 15.9 Å². The van der Waals surface area contributed by atoms with Crippen molar-refractivity contribution in [1.29, 1.82) is 0 Å². The average molecular weight is 368 g/mol. The number of sulfonamides is 1. The van der Waals surface area contributed by atoms with Gasteiger partial charge in [-0.3, -0.25) is 4.79 Å². The average Bonchev–Trinajstić information content (AvgIpc) is 3.03. The molecule has 25 heavy (non-hydrogen) atoms. The van der Waals surface area contributed by atoms with Gasteiger partial charge in [0.1, 0.15) is 5.82 Å². The van der Waals surface area contributed by atoms with Crippen molar-refractivity contribution in [2.45, 2.75) is 18.7 Å². The summed E-state index contributed by atoms with van der Waals surface area (Å²) >= 11 is 0. The molecule has 1 aliphatic rings. The van der Waals surface area contributed by atoms with Gasteiger partial charge in [-0.1, -0.05) is 0 Å². The van der Waals surface area contributed by atoms with Crippen molar-refractivity contribution in [3.8, 4) is 0 Å².